The van der Waals surface area contributed by atoms with Gasteiger partial charge in [0.15, 0.2) is 0 Å². The fourth-order valence-corrected chi connectivity index (χ4v) is 1.35. The Bertz CT molecular complexity index is 294. The lowest BCUT2D eigenvalue weighted by Gasteiger charge is -2.14. The van der Waals surface area contributed by atoms with Gasteiger partial charge >= 0.3 is 0 Å². The van der Waals surface area contributed by atoms with Crippen molar-refractivity contribution in [3.63, 3.8) is 0 Å². The average molecular weight is 189 g/mol. The molecule has 0 bridgehead atoms. The Morgan fingerprint density at radius 1 is 1.33 bits per heavy atom. The number of aliphatic hydroxyl groups is 1. The molecule has 0 saturated carbocycles. The Hall–Kier alpha value is -0.470. The largest absolute Gasteiger partial charge is 0.461 e. The van der Waals surface area contributed by atoms with E-state index in [4.69, 9.17) is 16.0 Å². The molecule has 0 radical (unpaired) electrons. The molecular weight excluding hydrogens is 176 g/mol. The van der Waals surface area contributed by atoms with Gasteiger partial charge in [0.05, 0.1) is 5.02 Å². The Kier molecular flexibility index (Phi) is 2.23. The van der Waals surface area contributed by atoms with Crippen molar-refractivity contribution in [1.82, 2.24) is 0 Å². The van der Waals surface area contributed by atoms with Gasteiger partial charge in [-0.15, -0.1) is 0 Å². The van der Waals surface area contributed by atoms with Gasteiger partial charge in [-0.3, -0.25) is 0 Å². The van der Waals surface area contributed by atoms with E-state index in [1.165, 1.54) is 0 Å². The summed E-state index contributed by atoms with van der Waals surface area (Å²) in [6.45, 7) is 6.97. The van der Waals surface area contributed by atoms with Crippen molar-refractivity contribution in [3.8, 4) is 0 Å². The molecule has 68 valence electrons. The molecule has 0 aliphatic rings. The standard InChI is InChI=1S/C9H13ClO2/c1-5-7(10)6(2)12-8(5)9(3,4)11/h11H,1-4H3. The van der Waals surface area contributed by atoms with Crippen LogP contribution in [0.2, 0.25) is 5.02 Å². The minimum absolute atomic E-state index is 0.546. The highest BCUT2D eigenvalue weighted by Gasteiger charge is 2.25. The highest BCUT2D eigenvalue weighted by atomic mass is 35.5. The molecule has 0 saturated heterocycles. The van der Waals surface area contributed by atoms with Crippen LogP contribution in [0.1, 0.15) is 30.9 Å². The Morgan fingerprint density at radius 3 is 2.00 bits per heavy atom. The van der Waals surface area contributed by atoms with Crippen LogP contribution >= 0.6 is 11.6 Å². The van der Waals surface area contributed by atoms with E-state index < -0.39 is 5.60 Å². The second-order valence-electron chi connectivity index (χ2n) is 3.49. The molecule has 12 heavy (non-hydrogen) atoms. The predicted molar refractivity (Wildman–Crippen MR) is 48.4 cm³/mol. The molecule has 3 heteroatoms. The van der Waals surface area contributed by atoms with Gasteiger partial charge in [-0.25, -0.2) is 0 Å². The Labute approximate surface area is 77.1 Å². The van der Waals surface area contributed by atoms with Crippen molar-refractivity contribution in [2.45, 2.75) is 33.3 Å². The maximum absolute atomic E-state index is 9.66. The monoisotopic (exact) mass is 188 g/mol. The lowest BCUT2D eigenvalue weighted by molar-refractivity contribution is 0.0524. The molecule has 0 aliphatic carbocycles. The minimum atomic E-state index is -0.956. The van der Waals surface area contributed by atoms with Crippen molar-refractivity contribution in [2.75, 3.05) is 0 Å². The van der Waals surface area contributed by atoms with Gasteiger partial charge in [0.25, 0.3) is 0 Å². The molecule has 0 unspecified atom stereocenters. The highest BCUT2D eigenvalue weighted by Crippen LogP contribution is 2.32. The number of halogens is 1. The van der Waals surface area contributed by atoms with E-state index in [-0.39, 0.29) is 0 Å². The Morgan fingerprint density at radius 2 is 1.83 bits per heavy atom. The highest BCUT2D eigenvalue weighted by molar-refractivity contribution is 6.32. The molecule has 0 amide bonds. The first-order chi connectivity index (χ1) is 5.34. The third-order valence-corrected chi connectivity index (χ3v) is 2.34. The van der Waals surface area contributed by atoms with E-state index in [9.17, 15) is 5.11 Å². The van der Waals surface area contributed by atoms with Crippen molar-refractivity contribution in [2.24, 2.45) is 0 Å². The number of furan rings is 1. The number of hydrogen-bond acceptors (Lipinski definition) is 2. The maximum atomic E-state index is 9.66. The molecule has 1 rings (SSSR count). The van der Waals surface area contributed by atoms with E-state index in [0.29, 0.717) is 16.5 Å². The van der Waals surface area contributed by atoms with Gasteiger partial charge in [0.1, 0.15) is 17.1 Å². The van der Waals surface area contributed by atoms with Gasteiger partial charge in [0, 0.05) is 5.56 Å². The topological polar surface area (TPSA) is 33.4 Å². The number of aryl methyl sites for hydroxylation is 1. The number of rotatable bonds is 1. The van der Waals surface area contributed by atoms with Crippen molar-refractivity contribution in [1.29, 1.82) is 0 Å². The molecule has 0 spiro atoms. The van der Waals surface area contributed by atoms with E-state index >= 15 is 0 Å². The summed E-state index contributed by atoms with van der Waals surface area (Å²) in [5.41, 5.74) is -0.135. The van der Waals surface area contributed by atoms with Crippen LogP contribution in [0.25, 0.3) is 0 Å². The molecule has 0 aromatic carbocycles. The van der Waals surface area contributed by atoms with E-state index in [1.807, 2.05) is 6.92 Å². The normalized spacial score (nSPS) is 12.2. The summed E-state index contributed by atoms with van der Waals surface area (Å²) in [5.74, 6) is 1.20. The van der Waals surface area contributed by atoms with E-state index in [1.54, 1.807) is 20.8 Å². The molecule has 0 aliphatic heterocycles. The first-order valence-corrected chi connectivity index (χ1v) is 4.20. The van der Waals surface area contributed by atoms with Gasteiger partial charge in [-0.05, 0) is 27.7 Å². The van der Waals surface area contributed by atoms with Crippen LogP contribution in [0, 0.1) is 13.8 Å². The lowest BCUT2D eigenvalue weighted by Crippen LogP contribution is -2.15. The van der Waals surface area contributed by atoms with Crippen LogP contribution in [-0.4, -0.2) is 5.11 Å². The summed E-state index contributed by atoms with van der Waals surface area (Å²) < 4.78 is 5.33. The predicted octanol–water partition coefficient (Wildman–Crippen LogP) is 2.78. The zero-order valence-corrected chi connectivity index (χ0v) is 8.49. The number of hydrogen-bond donors (Lipinski definition) is 1. The maximum Gasteiger partial charge on any atom is 0.139 e. The summed E-state index contributed by atoms with van der Waals surface area (Å²) in [4.78, 5) is 0. The molecule has 0 fully saturated rings. The molecule has 2 nitrogen and oxygen atoms in total. The SMILES string of the molecule is Cc1oc(C(C)(C)O)c(C)c1Cl. The minimum Gasteiger partial charge on any atom is -0.461 e. The van der Waals surface area contributed by atoms with Gasteiger partial charge in [0.2, 0.25) is 0 Å². The average Bonchev–Trinajstić information content (AvgIpc) is 2.15. The van der Waals surface area contributed by atoms with Gasteiger partial charge < -0.3 is 9.52 Å². The lowest BCUT2D eigenvalue weighted by atomic mass is 10.0. The van der Waals surface area contributed by atoms with Gasteiger partial charge in [-0.2, -0.15) is 0 Å². The zero-order valence-electron chi connectivity index (χ0n) is 7.73. The van der Waals surface area contributed by atoms with Crippen molar-refractivity contribution < 1.29 is 9.52 Å². The third kappa shape index (κ3) is 1.50. The summed E-state index contributed by atoms with van der Waals surface area (Å²) in [6, 6.07) is 0. The molecule has 1 heterocycles. The molecule has 0 atom stereocenters. The van der Waals surface area contributed by atoms with Crippen LogP contribution < -0.4 is 0 Å². The van der Waals surface area contributed by atoms with Crippen LogP contribution in [0.15, 0.2) is 4.42 Å². The molecule has 1 aromatic heterocycles. The Balaban J connectivity index is 3.28. The van der Waals surface area contributed by atoms with Crippen molar-refractivity contribution in [3.05, 3.63) is 22.1 Å². The summed E-state index contributed by atoms with van der Waals surface area (Å²) >= 11 is 5.90. The second kappa shape index (κ2) is 2.79. The zero-order chi connectivity index (χ0) is 9.52. The fourth-order valence-electron chi connectivity index (χ4n) is 1.22. The third-order valence-electron chi connectivity index (χ3n) is 1.79. The van der Waals surface area contributed by atoms with Gasteiger partial charge in [-0.1, -0.05) is 11.6 Å². The summed E-state index contributed by atoms with van der Waals surface area (Å²) in [5, 5.41) is 10.3. The quantitative estimate of drug-likeness (QED) is 0.735. The van der Waals surface area contributed by atoms with Crippen LogP contribution in [0.4, 0.5) is 0 Å². The fraction of sp³-hybridized carbons (Fsp3) is 0.556. The summed E-state index contributed by atoms with van der Waals surface area (Å²) in [7, 11) is 0. The van der Waals surface area contributed by atoms with Crippen LogP contribution in [0.5, 0.6) is 0 Å². The first kappa shape index (κ1) is 9.62. The first-order valence-electron chi connectivity index (χ1n) is 3.82. The van der Waals surface area contributed by atoms with Crippen LogP contribution in [0.3, 0.4) is 0 Å². The van der Waals surface area contributed by atoms with Crippen molar-refractivity contribution >= 4 is 11.6 Å². The molecule has 1 aromatic rings. The summed E-state index contributed by atoms with van der Waals surface area (Å²) in [6.07, 6.45) is 0. The van der Waals surface area contributed by atoms with Crippen LogP contribution in [-0.2, 0) is 5.60 Å². The smallest absolute Gasteiger partial charge is 0.139 e. The van der Waals surface area contributed by atoms with E-state index in [0.717, 1.165) is 5.56 Å². The molecule has 1 N–H and O–H groups in total. The molecular formula is C9H13ClO2. The second-order valence-corrected chi connectivity index (χ2v) is 3.86. The van der Waals surface area contributed by atoms with E-state index in [2.05, 4.69) is 0 Å².